The Hall–Kier alpha value is -0.760. The van der Waals surface area contributed by atoms with Gasteiger partial charge in [-0.25, -0.2) is 4.79 Å². The topological polar surface area (TPSA) is 30.2 Å². The molecule has 0 N–H and O–H groups in total. The minimum atomic E-state index is -0.405. The molecule has 0 radical (unpaired) electrons. The minimum absolute atomic E-state index is 0.204. The van der Waals surface area contributed by atoms with E-state index >= 15 is 0 Å². The summed E-state index contributed by atoms with van der Waals surface area (Å²) in [5, 5.41) is 0.204. The summed E-state index contributed by atoms with van der Waals surface area (Å²) in [6.07, 6.45) is 4.13. The van der Waals surface area contributed by atoms with Gasteiger partial charge in [0.05, 0.1) is 0 Å². The Morgan fingerprint density at radius 3 is 2.92 bits per heavy atom. The number of hydrogen-bond acceptors (Lipinski definition) is 2. The van der Waals surface area contributed by atoms with Gasteiger partial charge in [-0.3, -0.25) is 0 Å². The van der Waals surface area contributed by atoms with E-state index in [0.29, 0.717) is 0 Å². The van der Waals surface area contributed by atoms with Crippen molar-refractivity contribution in [2.24, 2.45) is 0 Å². The van der Waals surface area contributed by atoms with E-state index in [2.05, 4.69) is 0 Å². The fraction of sp³-hybridized carbons (Fsp3) is 0.444. The quantitative estimate of drug-likeness (QED) is 0.619. The molecule has 0 bridgehead atoms. The first-order valence-corrected chi connectivity index (χ1v) is 4.46. The molecule has 1 aliphatic carbocycles. The monoisotopic (exact) mass is 184 g/mol. The fourth-order valence-electron chi connectivity index (χ4n) is 1.54. The Balaban J connectivity index is 2.56. The maximum atomic E-state index is 11.0. The molecule has 0 aliphatic heterocycles. The summed E-state index contributed by atoms with van der Waals surface area (Å²) in [5.74, 6) is 0.829. The second kappa shape index (κ2) is 2.94. The van der Waals surface area contributed by atoms with Gasteiger partial charge >= 0.3 is 5.63 Å². The molecule has 64 valence electrons. The molecule has 0 unspecified atom stereocenters. The Kier molecular flexibility index (Phi) is 1.93. The SMILES string of the molecule is O=c1oc2c(cc1Cl)CCCC2. The van der Waals surface area contributed by atoms with Crippen molar-refractivity contribution >= 4 is 11.6 Å². The van der Waals surface area contributed by atoms with E-state index in [1.807, 2.05) is 0 Å². The summed E-state index contributed by atoms with van der Waals surface area (Å²) in [6, 6.07) is 1.74. The number of rotatable bonds is 0. The Morgan fingerprint density at radius 2 is 2.08 bits per heavy atom. The first kappa shape index (κ1) is 7.87. The van der Waals surface area contributed by atoms with E-state index in [-0.39, 0.29) is 5.02 Å². The maximum absolute atomic E-state index is 11.0. The summed E-state index contributed by atoms with van der Waals surface area (Å²) in [7, 11) is 0. The van der Waals surface area contributed by atoms with Crippen molar-refractivity contribution in [1.29, 1.82) is 0 Å². The first-order chi connectivity index (χ1) is 5.77. The summed E-state index contributed by atoms with van der Waals surface area (Å²) >= 11 is 5.64. The van der Waals surface area contributed by atoms with Gasteiger partial charge in [-0.2, -0.15) is 0 Å². The molecule has 1 aromatic heterocycles. The molecule has 0 fully saturated rings. The zero-order valence-electron chi connectivity index (χ0n) is 6.60. The van der Waals surface area contributed by atoms with Crippen molar-refractivity contribution < 1.29 is 4.42 Å². The molecule has 2 nitrogen and oxygen atoms in total. The third-order valence-corrected chi connectivity index (χ3v) is 2.43. The van der Waals surface area contributed by atoms with Crippen LogP contribution in [0, 0.1) is 0 Å². The van der Waals surface area contributed by atoms with Crippen LogP contribution in [0.4, 0.5) is 0 Å². The average Bonchev–Trinajstić information content (AvgIpc) is 2.07. The van der Waals surface area contributed by atoms with Gasteiger partial charge in [-0.15, -0.1) is 0 Å². The van der Waals surface area contributed by atoms with Gasteiger partial charge in [0.25, 0.3) is 0 Å². The molecule has 1 heterocycles. The third-order valence-electron chi connectivity index (χ3n) is 2.17. The lowest BCUT2D eigenvalue weighted by molar-refractivity contribution is 0.428. The molecule has 1 aliphatic rings. The van der Waals surface area contributed by atoms with E-state index < -0.39 is 5.63 Å². The summed E-state index contributed by atoms with van der Waals surface area (Å²) in [6.45, 7) is 0. The van der Waals surface area contributed by atoms with Crippen molar-refractivity contribution in [1.82, 2.24) is 0 Å². The molecular weight excluding hydrogens is 176 g/mol. The van der Waals surface area contributed by atoms with Gasteiger partial charge in [0.1, 0.15) is 10.8 Å². The van der Waals surface area contributed by atoms with E-state index in [1.165, 1.54) is 0 Å². The predicted molar refractivity (Wildman–Crippen MR) is 46.6 cm³/mol. The molecule has 0 aromatic carbocycles. The molecular formula is C9H9ClO2. The molecule has 1 aromatic rings. The molecule has 0 amide bonds. The van der Waals surface area contributed by atoms with Crippen LogP contribution in [0.2, 0.25) is 5.02 Å². The number of aryl methyl sites for hydroxylation is 2. The van der Waals surface area contributed by atoms with Gasteiger partial charge in [0.15, 0.2) is 0 Å². The van der Waals surface area contributed by atoms with E-state index in [9.17, 15) is 4.79 Å². The Labute approximate surface area is 75.2 Å². The largest absolute Gasteiger partial charge is 0.427 e. The lowest BCUT2D eigenvalue weighted by Gasteiger charge is -2.12. The summed E-state index contributed by atoms with van der Waals surface area (Å²) < 4.78 is 5.04. The van der Waals surface area contributed by atoms with Gasteiger partial charge in [0.2, 0.25) is 0 Å². The van der Waals surface area contributed by atoms with Gasteiger partial charge in [0, 0.05) is 6.42 Å². The standard InChI is InChI=1S/C9H9ClO2/c10-7-5-6-3-1-2-4-8(6)12-9(7)11/h5H,1-4H2. The predicted octanol–water partition coefficient (Wildman–Crippen LogP) is 2.17. The Bertz CT molecular complexity index is 354. The lowest BCUT2D eigenvalue weighted by atomic mass is 9.98. The van der Waals surface area contributed by atoms with Crippen molar-refractivity contribution in [3.8, 4) is 0 Å². The van der Waals surface area contributed by atoms with Crippen LogP contribution in [0.5, 0.6) is 0 Å². The van der Waals surface area contributed by atoms with Crippen LogP contribution >= 0.6 is 11.6 Å². The molecule has 0 spiro atoms. The Morgan fingerprint density at radius 1 is 1.33 bits per heavy atom. The van der Waals surface area contributed by atoms with Crippen molar-refractivity contribution in [3.63, 3.8) is 0 Å². The van der Waals surface area contributed by atoms with Crippen LogP contribution in [-0.2, 0) is 12.8 Å². The third kappa shape index (κ3) is 1.27. The molecule has 2 rings (SSSR count). The van der Waals surface area contributed by atoms with Crippen LogP contribution in [0.15, 0.2) is 15.3 Å². The van der Waals surface area contributed by atoms with Gasteiger partial charge in [-0.05, 0) is 30.9 Å². The van der Waals surface area contributed by atoms with Gasteiger partial charge < -0.3 is 4.42 Å². The maximum Gasteiger partial charge on any atom is 0.354 e. The van der Waals surface area contributed by atoms with E-state index in [4.69, 9.17) is 16.0 Å². The second-order valence-electron chi connectivity index (χ2n) is 3.04. The molecule has 0 saturated carbocycles. The molecule has 0 atom stereocenters. The molecule has 3 heteroatoms. The smallest absolute Gasteiger partial charge is 0.354 e. The van der Waals surface area contributed by atoms with Crippen LogP contribution in [0.1, 0.15) is 24.2 Å². The highest BCUT2D eigenvalue weighted by Gasteiger charge is 2.13. The van der Waals surface area contributed by atoms with E-state index in [0.717, 1.165) is 37.0 Å². The zero-order chi connectivity index (χ0) is 8.55. The minimum Gasteiger partial charge on any atom is -0.427 e. The number of hydrogen-bond donors (Lipinski definition) is 0. The average molecular weight is 185 g/mol. The summed E-state index contributed by atoms with van der Waals surface area (Å²) in [4.78, 5) is 11.0. The fourth-order valence-corrected chi connectivity index (χ4v) is 1.71. The highest BCUT2D eigenvalue weighted by molar-refractivity contribution is 6.30. The van der Waals surface area contributed by atoms with Crippen molar-refractivity contribution in [2.75, 3.05) is 0 Å². The van der Waals surface area contributed by atoms with Crippen molar-refractivity contribution in [3.05, 3.63) is 32.8 Å². The summed E-state index contributed by atoms with van der Waals surface area (Å²) in [5.41, 5.74) is 0.697. The first-order valence-electron chi connectivity index (χ1n) is 4.09. The van der Waals surface area contributed by atoms with Crippen LogP contribution in [0.25, 0.3) is 0 Å². The number of fused-ring (bicyclic) bond motifs is 1. The highest BCUT2D eigenvalue weighted by atomic mass is 35.5. The van der Waals surface area contributed by atoms with Crippen LogP contribution in [0.3, 0.4) is 0 Å². The number of halogens is 1. The normalized spacial score (nSPS) is 15.8. The van der Waals surface area contributed by atoms with Crippen LogP contribution < -0.4 is 5.63 Å². The highest BCUT2D eigenvalue weighted by Crippen LogP contribution is 2.21. The second-order valence-corrected chi connectivity index (χ2v) is 3.44. The molecule has 0 saturated heterocycles. The van der Waals surface area contributed by atoms with Crippen LogP contribution in [-0.4, -0.2) is 0 Å². The molecule has 12 heavy (non-hydrogen) atoms. The lowest BCUT2D eigenvalue weighted by Crippen LogP contribution is -2.09. The van der Waals surface area contributed by atoms with Gasteiger partial charge in [-0.1, -0.05) is 11.6 Å². The van der Waals surface area contributed by atoms with E-state index in [1.54, 1.807) is 6.07 Å². The zero-order valence-corrected chi connectivity index (χ0v) is 7.36. The van der Waals surface area contributed by atoms with Crippen molar-refractivity contribution in [2.45, 2.75) is 25.7 Å².